The van der Waals surface area contributed by atoms with E-state index in [4.69, 9.17) is 0 Å². The average Bonchev–Trinajstić information content (AvgIpc) is 2.60. The highest BCUT2D eigenvalue weighted by Crippen LogP contribution is 2.25. The van der Waals surface area contributed by atoms with Crippen LogP contribution < -0.4 is 0 Å². The van der Waals surface area contributed by atoms with Crippen molar-refractivity contribution in [2.24, 2.45) is 0 Å². The molecule has 124 valence electrons. The van der Waals surface area contributed by atoms with Gasteiger partial charge < -0.3 is 4.90 Å². The van der Waals surface area contributed by atoms with Crippen molar-refractivity contribution in [1.82, 2.24) is 9.21 Å². The first-order valence-electron chi connectivity index (χ1n) is 8.21. The number of benzene rings is 2. The van der Waals surface area contributed by atoms with E-state index in [1.54, 1.807) is 23.5 Å². The SMILES string of the molecule is CCN1CCC(N(C)S(=O)(=O)c2ccc3ccccc3c2)CC1. The molecule has 0 bridgehead atoms. The van der Waals surface area contributed by atoms with Crippen LogP contribution in [0.25, 0.3) is 10.8 Å². The van der Waals surface area contributed by atoms with Crippen LogP contribution in [0.2, 0.25) is 0 Å². The van der Waals surface area contributed by atoms with E-state index >= 15 is 0 Å². The van der Waals surface area contributed by atoms with Gasteiger partial charge in [-0.3, -0.25) is 0 Å². The summed E-state index contributed by atoms with van der Waals surface area (Å²) in [7, 11) is -1.72. The topological polar surface area (TPSA) is 40.6 Å². The van der Waals surface area contributed by atoms with Crippen LogP contribution in [-0.4, -0.2) is 50.3 Å². The van der Waals surface area contributed by atoms with E-state index < -0.39 is 10.0 Å². The molecule has 0 radical (unpaired) electrons. The summed E-state index contributed by atoms with van der Waals surface area (Å²) in [5, 5.41) is 2.02. The number of nitrogens with zero attached hydrogens (tertiary/aromatic N) is 2. The summed E-state index contributed by atoms with van der Waals surface area (Å²) in [5.41, 5.74) is 0. The van der Waals surface area contributed by atoms with Crippen molar-refractivity contribution >= 4 is 20.8 Å². The minimum atomic E-state index is -3.44. The third-order valence-corrected chi connectivity index (χ3v) is 6.82. The molecule has 2 aromatic rings. The normalized spacial score (nSPS) is 17.9. The van der Waals surface area contributed by atoms with E-state index in [1.165, 1.54) is 0 Å². The summed E-state index contributed by atoms with van der Waals surface area (Å²) in [4.78, 5) is 2.75. The van der Waals surface area contributed by atoms with E-state index in [-0.39, 0.29) is 6.04 Å². The van der Waals surface area contributed by atoms with Gasteiger partial charge in [-0.15, -0.1) is 0 Å². The lowest BCUT2D eigenvalue weighted by molar-refractivity contribution is 0.176. The van der Waals surface area contributed by atoms with Crippen molar-refractivity contribution < 1.29 is 8.42 Å². The van der Waals surface area contributed by atoms with E-state index in [0.717, 1.165) is 43.2 Å². The second-order valence-corrected chi connectivity index (χ2v) is 8.19. The van der Waals surface area contributed by atoms with Gasteiger partial charge in [0.1, 0.15) is 0 Å². The van der Waals surface area contributed by atoms with E-state index in [9.17, 15) is 8.42 Å². The Hall–Kier alpha value is -1.43. The van der Waals surface area contributed by atoms with E-state index in [2.05, 4.69) is 11.8 Å². The second-order valence-electron chi connectivity index (χ2n) is 6.20. The first-order chi connectivity index (χ1) is 11.0. The predicted octanol–water partition coefficient (Wildman–Crippen LogP) is 2.94. The highest BCUT2D eigenvalue weighted by Gasteiger charge is 2.30. The number of likely N-dealkylation sites (tertiary alicyclic amines) is 1. The summed E-state index contributed by atoms with van der Waals surface area (Å²) in [6, 6.07) is 13.3. The number of hydrogen-bond donors (Lipinski definition) is 0. The fraction of sp³-hybridized carbons (Fsp3) is 0.444. The van der Waals surface area contributed by atoms with Gasteiger partial charge in [-0.1, -0.05) is 37.3 Å². The summed E-state index contributed by atoms with van der Waals surface area (Å²) in [5.74, 6) is 0. The second kappa shape index (κ2) is 6.59. The Labute approximate surface area is 138 Å². The molecule has 1 heterocycles. The number of sulfonamides is 1. The van der Waals surface area contributed by atoms with Gasteiger partial charge in [-0.2, -0.15) is 4.31 Å². The maximum atomic E-state index is 12.9. The van der Waals surface area contributed by atoms with Crippen LogP contribution in [0.15, 0.2) is 47.4 Å². The van der Waals surface area contributed by atoms with Gasteiger partial charge in [0.05, 0.1) is 4.90 Å². The molecule has 1 aliphatic heterocycles. The van der Waals surface area contributed by atoms with Gasteiger partial charge in [0.15, 0.2) is 0 Å². The first-order valence-corrected chi connectivity index (χ1v) is 9.65. The molecule has 0 aromatic heterocycles. The summed E-state index contributed by atoms with van der Waals surface area (Å²) >= 11 is 0. The Morgan fingerprint density at radius 2 is 1.74 bits per heavy atom. The van der Waals surface area contributed by atoms with Gasteiger partial charge >= 0.3 is 0 Å². The van der Waals surface area contributed by atoms with Gasteiger partial charge in [0, 0.05) is 13.1 Å². The van der Waals surface area contributed by atoms with Crippen LogP contribution in [0.3, 0.4) is 0 Å². The molecule has 0 N–H and O–H groups in total. The Morgan fingerprint density at radius 3 is 2.39 bits per heavy atom. The zero-order chi connectivity index (χ0) is 16.4. The molecule has 0 saturated carbocycles. The zero-order valence-electron chi connectivity index (χ0n) is 13.8. The molecule has 2 aromatic carbocycles. The van der Waals surface area contributed by atoms with Gasteiger partial charge in [-0.05, 0) is 55.4 Å². The Balaban J connectivity index is 1.84. The number of rotatable bonds is 4. The molecule has 0 atom stereocenters. The smallest absolute Gasteiger partial charge is 0.243 e. The lowest BCUT2D eigenvalue weighted by Crippen LogP contribution is -2.45. The van der Waals surface area contributed by atoms with Crippen LogP contribution in [-0.2, 0) is 10.0 Å². The zero-order valence-corrected chi connectivity index (χ0v) is 14.6. The van der Waals surface area contributed by atoms with Crippen LogP contribution in [0.4, 0.5) is 0 Å². The fourth-order valence-corrected chi connectivity index (χ4v) is 4.74. The van der Waals surface area contributed by atoms with Crippen molar-refractivity contribution in [3.8, 4) is 0 Å². The van der Waals surface area contributed by atoms with Crippen molar-refractivity contribution in [1.29, 1.82) is 0 Å². The number of hydrogen-bond acceptors (Lipinski definition) is 3. The lowest BCUT2D eigenvalue weighted by Gasteiger charge is -2.35. The lowest BCUT2D eigenvalue weighted by atomic mass is 10.1. The molecule has 5 heteroatoms. The molecule has 23 heavy (non-hydrogen) atoms. The molecule has 0 spiro atoms. The average molecular weight is 332 g/mol. The molecule has 1 fully saturated rings. The molecule has 0 amide bonds. The third kappa shape index (κ3) is 3.27. The maximum Gasteiger partial charge on any atom is 0.243 e. The largest absolute Gasteiger partial charge is 0.303 e. The van der Waals surface area contributed by atoms with E-state index in [0.29, 0.717) is 4.90 Å². The molecule has 0 aliphatic carbocycles. The Kier molecular flexibility index (Phi) is 4.71. The number of piperidine rings is 1. The van der Waals surface area contributed by atoms with E-state index in [1.807, 2.05) is 30.3 Å². The summed E-state index contributed by atoms with van der Waals surface area (Å²) in [6.45, 7) is 5.13. The van der Waals surface area contributed by atoms with Gasteiger partial charge in [0.2, 0.25) is 10.0 Å². The molecule has 3 rings (SSSR count). The molecular formula is C18H24N2O2S. The van der Waals surface area contributed by atoms with Crippen LogP contribution in [0.1, 0.15) is 19.8 Å². The van der Waals surface area contributed by atoms with Crippen LogP contribution in [0.5, 0.6) is 0 Å². The first kappa shape index (κ1) is 16.4. The minimum absolute atomic E-state index is 0.0919. The van der Waals surface area contributed by atoms with Crippen molar-refractivity contribution in [3.05, 3.63) is 42.5 Å². The third-order valence-electron chi connectivity index (χ3n) is 4.92. The number of fused-ring (bicyclic) bond motifs is 1. The van der Waals surface area contributed by atoms with Crippen molar-refractivity contribution in [3.63, 3.8) is 0 Å². The maximum absolute atomic E-state index is 12.9. The Morgan fingerprint density at radius 1 is 1.09 bits per heavy atom. The van der Waals surface area contributed by atoms with Crippen molar-refractivity contribution in [2.75, 3.05) is 26.7 Å². The fourth-order valence-electron chi connectivity index (χ4n) is 3.29. The molecule has 4 nitrogen and oxygen atoms in total. The Bertz CT molecular complexity index is 780. The summed E-state index contributed by atoms with van der Waals surface area (Å²) in [6.07, 6.45) is 1.80. The molecular weight excluding hydrogens is 308 g/mol. The minimum Gasteiger partial charge on any atom is -0.303 e. The van der Waals surface area contributed by atoms with Crippen LogP contribution >= 0.6 is 0 Å². The highest BCUT2D eigenvalue weighted by atomic mass is 32.2. The molecule has 1 saturated heterocycles. The standard InChI is InChI=1S/C18H24N2O2S/c1-3-20-12-10-17(11-13-20)19(2)23(21,22)18-9-8-15-6-4-5-7-16(15)14-18/h4-9,14,17H,3,10-13H2,1-2H3. The molecule has 0 unspecified atom stereocenters. The summed E-state index contributed by atoms with van der Waals surface area (Å²) < 4.78 is 27.5. The van der Waals surface area contributed by atoms with Crippen LogP contribution in [0, 0.1) is 0 Å². The van der Waals surface area contributed by atoms with Crippen molar-refractivity contribution in [2.45, 2.75) is 30.7 Å². The monoisotopic (exact) mass is 332 g/mol. The van der Waals surface area contributed by atoms with Gasteiger partial charge in [0.25, 0.3) is 0 Å². The highest BCUT2D eigenvalue weighted by molar-refractivity contribution is 7.89. The quantitative estimate of drug-likeness (QED) is 0.864. The predicted molar refractivity (Wildman–Crippen MR) is 94.0 cm³/mol. The van der Waals surface area contributed by atoms with Gasteiger partial charge in [-0.25, -0.2) is 8.42 Å². The molecule has 1 aliphatic rings.